The molecule has 0 fully saturated rings. The standard InChI is InChI=1S/C9H7Cl2F2NO/c1-14(9(15)4-10)8-2-5(11)6(12)3-7(8)13/h2-3H,4H2,1H3. The van der Waals surface area contributed by atoms with Crippen LogP contribution in [0.2, 0.25) is 5.02 Å². The molecule has 0 bridgehead atoms. The van der Waals surface area contributed by atoms with Gasteiger partial charge in [-0.1, -0.05) is 11.6 Å². The van der Waals surface area contributed by atoms with E-state index in [4.69, 9.17) is 23.2 Å². The smallest absolute Gasteiger partial charge is 0.241 e. The summed E-state index contributed by atoms with van der Waals surface area (Å²) in [7, 11) is 1.33. The number of hydrogen-bond acceptors (Lipinski definition) is 1. The first-order chi connectivity index (χ1) is 6.97. The van der Waals surface area contributed by atoms with Crippen molar-refractivity contribution in [3.05, 3.63) is 28.8 Å². The van der Waals surface area contributed by atoms with Gasteiger partial charge < -0.3 is 4.90 Å². The molecular weight excluding hydrogens is 247 g/mol. The van der Waals surface area contributed by atoms with Gasteiger partial charge in [-0.05, 0) is 6.07 Å². The van der Waals surface area contributed by atoms with Crippen molar-refractivity contribution in [3.63, 3.8) is 0 Å². The largest absolute Gasteiger partial charge is 0.312 e. The van der Waals surface area contributed by atoms with Crippen LogP contribution >= 0.6 is 23.2 Å². The van der Waals surface area contributed by atoms with Crippen LogP contribution in [0.15, 0.2) is 12.1 Å². The summed E-state index contributed by atoms with van der Waals surface area (Å²) < 4.78 is 26.0. The van der Waals surface area contributed by atoms with Crippen molar-refractivity contribution in [1.82, 2.24) is 0 Å². The Morgan fingerprint density at radius 3 is 2.53 bits per heavy atom. The van der Waals surface area contributed by atoms with Gasteiger partial charge in [0, 0.05) is 13.1 Å². The average Bonchev–Trinajstić information content (AvgIpc) is 2.21. The van der Waals surface area contributed by atoms with Crippen molar-refractivity contribution < 1.29 is 13.6 Å². The van der Waals surface area contributed by atoms with Crippen LogP contribution in [-0.2, 0) is 4.79 Å². The molecule has 1 aromatic carbocycles. The molecular formula is C9H7Cl2F2NO. The fourth-order valence-electron chi connectivity index (χ4n) is 0.993. The molecule has 0 saturated heterocycles. The minimum Gasteiger partial charge on any atom is -0.312 e. The van der Waals surface area contributed by atoms with E-state index in [1.165, 1.54) is 7.05 Å². The molecule has 1 aromatic rings. The van der Waals surface area contributed by atoms with E-state index in [1.54, 1.807) is 0 Å². The normalized spacial score (nSPS) is 10.2. The molecule has 2 nitrogen and oxygen atoms in total. The summed E-state index contributed by atoms with van der Waals surface area (Å²) in [6.07, 6.45) is 0. The molecule has 82 valence electrons. The Labute approximate surface area is 95.4 Å². The van der Waals surface area contributed by atoms with Gasteiger partial charge in [0.25, 0.3) is 0 Å². The topological polar surface area (TPSA) is 20.3 Å². The highest BCUT2D eigenvalue weighted by Gasteiger charge is 2.16. The Morgan fingerprint density at radius 2 is 2.00 bits per heavy atom. The number of hydrogen-bond donors (Lipinski definition) is 0. The monoisotopic (exact) mass is 253 g/mol. The number of benzene rings is 1. The molecule has 6 heteroatoms. The molecule has 0 heterocycles. The van der Waals surface area contributed by atoms with E-state index in [-0.39, 0.29) is 16.6 Å². The third-order valence-electron chi connectivity index (χ3n) is 1.84. The maximum absolute atomic E-state index is 13.2. The maximum Gasteiger partial charge on any atom is 0.241 e. The molecule has 0 saturated carbocycles. The molecule has 0 aliphatic rings. The molecule has 0 aliphatic carbocycles. The predicted octanol–water partition coefficient (Wildman–Crippen LogP) is 2.82. The van der Waals surface area contributed by atoms with Crippen LogP contribution in [0.3, 0.4) is 0 Å². The Balaban J connectivity index is 3.14. The van der Waals surface area contributed by atoms with Crippen molar-refractivity contribution in [2.75, 3.05) is 17.8 Å². The first-order valence-electron chi connectivity index (χ1n) is 3.94. The molecule has 0 unspecified atom stereocenters. The highest BCUT2D eigenvalue weighted by atomic mass is 35.5. The summed E-state index contributed by atoms with van der Waals surface area (Å²) in [5.74, 6) is -2.52. The fraction of sp³-hybridized carbons (Fsp3) is 0.222. The van der Waals surface area contributed by atoms with Crippen LogP contribution in [0.1, 0.15) is 0 Å². The third-order valence-corrected chi connectivity index (χ3v) is 2.36. The molecule has 0 radical (unpaired) electrons. The average molecular weight is 254 g/mol. The molecule has 15 heavy (non-hydrogen) atoms. The summed E-state index contributed by atoms with van der Waals surface area (Å²) in [6.45, 7) is 0. The fourth-order valence-corrected chi connectivity index (χ4v) is 1.33. The molecule has 1 rings (SSSR count). The van der Waals surface area contributed by atoms with Gasteiger partial charge in [-0.3, -0.25) is 4.79 Å². The Bertz CT molecular complexity index is 398. The van der Waals surface area contributed by atoms with Crippen molar-refractivity contribution >= 4 is 34.8 Å². The number of carbonyl (C=O) groups excluding carboxylic acids is 1. The molecule has 0 aliphatic heterocycles. The highest BCUT2D eigenvalue weighted by Crippen LogP contribution is 2.25. The van der Waals surface area contributed by atoms with E-state index in [0.717, 1.165) is 11.0 Å². The lowest BCUT2D eigenvalue weighted by Crippen LogP contribution is -2.28. The van der Waals surface area contributed by atoms with Gasteiger partial charge in [-0.25, -0.2) is 8.78 Å². The van der Waals surface area contributed by atoms with Crippen LogP contribution in [0, 0.1) is 11.6 Å². The van der Waals surface area contributed by atoms with Gasteiger partial charge in [-0.2, -0.15) is 0 Å². The summed E-state index contributed by atoms with van der Waals surface area (Å²) in [6, 6.07) is 1.66. The van der Waals surface area contributed by atoms with E-state index in [0.29, 0.717) is 6.07 Å². The SMILES string of the molecule is CN(C(=O)CCl)c1cc(Cl)c(F)cc1F. The Hall–Kier alpha value is -0.870. The number of nitrogens with zero attached hydrogens (tertiary/aromatic N) is 1. The van der Waals surface area contributed by atoms with E-state index >= 15 is 0 Å². The number of amides is 1. The first kappa shape index (κ1) is 12.2. The number of rotatable bonds is 2. The number of alkyl halides is 1. The second kappa shape index (κ2) is 4.77. The van der Waals surface area contributed by atoms with Gasteiger partial charge >= 0.3 is 0 Å². The second-order valence-electron chi connectivity index (χ2n) is 2.80. The Morgan fingerprint density at radius 1 is 1.40 bits per heavy atom. The summed E-state index contributed by atoms with van der Waals surface area (Å²) in [4.78, 5) is 12.1. The maximum atomic E-state index is 13.2. The third kappa shape index (κ3) is 2.58. The van der Waals surface area contributed by atoms with Crippen LogP contribution in [0.5, 0.6) is 0 Å². The quantitative estimate of drug-likeness (QED) is 0.587. The predicted molar refractivity (Wildman–Crippen MR) is 55.5 cm³/mol. The van der Waals surface area contributed by atoms with Gasteiger partial charge in [0.1, 0.15) is 17.5 Å². The van der Waals surface area contributed by atoms with Crippen molar-refractivity contribution in [1.29, 1.82) is 0 Å². The zero-order valence-corrected chi connectivity index (χ0v) is 9.24. The van der Waals surface area contributed by atoms with E-state index in [9.17, 15) is 13.6 Å². The number of anilines is 1. The molecule has 1 amide bonds. The minimum absolute atomic E-state index is 0.105. The van der Waals surface area contributed by atoms with E-state index < -0.39 is 17.5 Å². The lowest BCUT2D eigenvalue weighted by atomic mass is 10.2. The van der Waals surface area contributed by atoms with Crippen LogP contribution in [-0.4, -0.2) is 18.8 Å². The summed E-state index contributed by atoms with van der Waals surface area (Å²) >= 11 is 10.8. The van der Waals surface area contributed by atoms with Crippen molar-refractivity contribution in [2.45, 2.75) is 0 Å². The summed E-state index contributed by atoms with van der Waals surface area (Å²) in [5, 5.41) is -0.249. The van der Waals surface area contributed by atoms with Gasteiger partial charge in [0.15, 0.2) is 0 Å². The van der Waals surface area contributed by atoms with Gasteiger partial charge in [0.2, 0.25) is 5.91 Å². The van der Waals surface area contributed by atoms with Crippen molar-refractivity contribution in [2.24, 2.45) is 0 Å². The van der Waals surface area contributed by atoms with Gasteiger partial charge in [0.05, 0.1) is 10.7 Å². The van der Waals surface area contributed by atoms with Crippen molar-refractivity contribution in [3.8, 4) is 0 Å². The zero-order chi connectivity index (χ0) is 11.6. The minimum atomic E-state index is -0.871. The van der Waals surface area contributed by atoms with E-state index in [1.807, 2.05) is 0 Å². The van der Waals surface area contributed by atoms with Crippen LogP contribution < -0.4 is 4.90 Å². The lowest BCUT2D eigenvalue weighted by molar-refractivity contribution is -0.116. The summed E-state index contributed by atoms with van der Waals surface area (Å²) in [5.41, 5.74) is -0.105. The van der Waals surface area contributed by atoms with E-state index in [2.05, 4.69) is 0 Å². The first-order valence-corrected chi connectivity index (χ1v) is 4.85. The zero-order valence-electron chi connectivity index (χ0n) is 7.73. The Kier molecular flexibility index (Phi) is 3.88. The number of carbonyl (C=O) groups is 1. The molecule has 0 atom stereocenters. The molecule has 0 aromatic heterocycles. The van der Waals surface area contributed by atoms with Crippen LogP contribution in [0.25, 0.3) is 0 Å². The molecule has 0 spiro atoms. The highest BCUT2D eigenvalue weighted by molar-refractivity contribution is 6.31. The van der Waals surface area contributed by atoms with Gasteiger partial charge in [-0.15, -0.1) is 11.6 Å². The second-order valence-corrected chi connectivity index (χ2v) is 3.48. The van der Waals surface area contributed by atoms with Crippen LogP contribution in [0.4, 0.5) is 14.5 Å². The lowest BCUT2D eigenvalue weighted by Gasteiger charge is -2.17. The number of halogens is 4. The molecule has 0 N–H and O–H groups in total.